The monoisotopic (exact) mass is 312 g/mol. The summed E-state index contributed by atoms with van der Waals surface area (Å²) in [7, 11) is 0. The number of amides is 1. The number of aromatic amines is 1. The van der Waals surface area contributed by atoms with E-state index in [0.29, 0.717) is 11.5 Å². The number of carbonyl (C=O) groups excluding carboxylic acids is 1. The minimum atomic E-state index is -0.816. The second kappa shape index (κ2) is 6.14. The van der Waals surface area contributed by atoms with Crippen molar-refractivity contribution >= 4 is 5.91 Å². The highest BCUT2D eigenvalue weighted by Crippen LogP contribution is 2.14. The Hall–Kier alpha value is -3.42. The van der Waals surface area contributed by atoms with Gasteiger partial charge in [-0.2, -0.15) is 0 Å². The Bertz CT molecular complexity index is 872. The number of carbonyl (C=O) groups is 1. The van der Waals surface area contributed by atoms with Crippen LogP contribution in [-0.4, -0.2) is 26.0 Å². The number of aromatic hydroxyl groups is 1. The smallest absolute Gasteiger partial charge is 0.294 e. The fourth-order valence-electron chi connectivity index (χ4n) is 1.91. The Balaban J connectivity index is 1.90. The van der Waals surface area contributed by atoms with Gasteiger partial charge in [-0.15, -0.1) is 0 Å². The van der Waals surface area contributed by atoms with Gasteiger partial charge in [0.2, 0.25) is 5.75 Å². The summed E-state index contributed by atoms with van der Waals surface area (Å²) in [6, 6.07) is 8.42. The van der Waals surface area contributed by atoms with Gasteiger partial charge in [-0.1, -0.05) is 6.07 Å². The lowest BCUT2D eigenvalue weighted by molar-refractivity contribution is 0.0939. The topological polar surface area (TPSA) is 121 Å². The molecule has 0 aromatic carbocycles. The third-order valence-corrected chi connectivity index (χ3v) is 3.02. The summed E-state index contributed by atoms with van der Waals surface area (Å²) in [5.74, 6) is -0.812. The number of aromatic nitrogens is 3. The van der Waals surface area contributed by atoms with Crippen LogP contribution in [0, 0.1) is 0 Å². The fraction of sp³-hybridized carbons (Fsp3) is 0.0667. The van der Waals surface area contributed by atoms with Crippen molar-refractivity contribution in [1.29, 1.82) is 0 Å². The van der Waals surface area contributed by atoms with Crippen LogP contribution in [0.25, 0.3) is 11.5 Å². The number of nitrogens with zero attached hydrogens (tertiary/aromatic N) is 2. The van der Waals surface area contributed by atoms with E-state index in [1.807, 2.05) is 0 Å². The van der Waals surface area contributed by atoms with E-state index >= 15 is 0 Å². The van der Waals surface area contributed by atoms with Crippen molar-refractivity contribution in [3.05, 3.63) is 64.6 Å². The molecule has 0 spiro atoms. The van der Waals surface area contributed by atoms with Gasteiger partial charge in [0.05, 0.1) is 12.8 Å². The van der Waals surface area contributed by atoms with Gasteiger partial charge in [0.15, 0.2) is 11.5 Å². The van der Waals surface area contributed by atoms with Gasteiger partial charge in [0.1, 0.15) is 11.5 Å². The van der Waals surface area contributed by atoms with E-state index in [1.165, 1.54) is 12.5 Å². The van der Waals surface area contributed by atoms with Gasteiger partial charge in [-0.05, 0) is 24.3 Å². The first-order chi connectivity index (χ1) is 11.1. The number of hydrogen-bond donors (Lipinski definition) is 3. The van der Waals surface area contributed by atoms with Crippen LogP contribution in [0.15, 0.2) is 52.0 Å². The van der Waals surface area contributed by atoms with Gasteiger partial charge < -0.3 is 19.8 Å². The maximum absolute atomic E-state index is 12.1. The number of pyridine rings is 1. The summed E-state index contributed by atoms with van der Waals surface area (Å²) in [6.07, 6.45) is 3.00. The summed E-state index contributed by atoms with van der Waals surface area (Å²) in [5.41, 5.74) is -0.811. The highest BCUT2D eigenvalue weighted by atomic mass is 16.3. The molecule has 23 heavy (non-hydrogen) atoms. The number of hydrogen-bond acceptors (Lipinski definition) is 6. The zero-order chi connectivity index (χ0) is 16.2. The molecule has 0 unspecified atom stereocenters. The van der Waals surface area contributed by atoms with Gasteiger partial charge in [-0.3, -0.25) is 14.6 Å². The molecule has 0 radical (unpaired) electrons. The molecule has 3 aromatic rings. The van der Waals surface area contributed by atoms with Crippen molar-refractivity contribution in [2.45, 2.75) is 6.54 Å². The van der Waals surface area contributed by atoms with E-state index in [4.69, 9.17) is 4.42 Å². The predicted octanol–water partition coefficient (Wildman–Crippen LogP) is 1.06. The van der Waals surface area contributed by atoms with Crippen molar-refractivity contribution in [1.82, 2.24) is 20.3 Å². The minimum Gasteiger partial charge on any atom is -0.501 e. The lowest BCUT2D eigenvalue weighted by atomic mass is 10.3. The number of H-pyrrole nitrogens is 1. The highest BCUT2D eigenvalue weighted by Gasteiger charge is 2.18. The first kappa shape index (κ1) is 14.5. The van der Waals surface area contributed by atoms with Gasteiger partial charge in [0.25, 0.3) is 11.5 Å². The van der Waals surface area contributed by atoms with Crippen LogP contribution in [0.3, 0.4) is 0 Å². The molecule has 0 saturated carbocycles. The van der Waals surface area contributed by atoms with Crippen molar-refractivity contribution in [2.24, 2.45) is 0 Å². The predicted molar refractivity (Wildman–Crippen MR) is 79.6 cm³/mol. The second-order valence-electron chi connectivity index (χ2n) is 4.59. The zero-order valence-electron chi connectivity index (χ0n) is 11.8. The van der Waals surface area contributed by atoms with Crippen LogP contribution in [0.2, 0.25) is 0 Å². The Kier molecular flexibility index (Phi) is 3.88. The largest absolute Gasteiger partial charge is 0.501 e. The van der Waals surface area contributed by atoms with Crippen LogP contribution in [0.5, 0.6) is 5.75 Å². The Morgan fingerprint density at radius 3 is 2.87 bits per heavy atom. The summed E-state index contributed by atoms with van der Waals surface area (Å²) in [5, 5.41) is 12.3. The first-order valence-corrected chi connectivity index (χ1v) is 6.70. The van der Waals surface area contributed by atoms with Crippen LogP contribution in [-0.2, 0) is 6.54 Å². The molecular weight excluding hydrogens is 300 g/mol. The maximum Gasteiger partial charge on any atom is 0.294 e. The third-order valence-electron chi connectivity index (χ3n) is 3.02. The summed E-state index contributed by atoms with van der Waals surface area (Å²) in [6.45, 7) is 0.110. The molecule has 0 fully saturated rings. The zero-order valence-corrected chi connectivity index (χ0v) is 11.8. The minimum absolute atomic E-state index is 0.0940. The molecule has 8 nitrogen and oxygen atoms in total. The van der Waals surface area contributed by atoms with Crippen LogP contribution < -0.4 is 10.9 Å². The van der Waals surface area contributed by atoms with Crippen LogP contribution in [0.1, 0.15) is 16.2 Å². The molecule has 0 aliphatic carbocycles. The van der Waals surface area contributed by atoms with Crippen molar-refractivity contribution in [3.63, 3.8) is 0 Å². The lowest BCUT2D eigenvalue weighted by Gasteiger charge is -2.06. The molecule has 0 saturated heterocycles. The van der Waals surface area contributed by atoms with Gasteiger partial charge in [-0.25, -0.2) is 4.98 Å². The molecule has 0 bridgehead atoms. The lowest BCUT2D eigenvalue weighted by Crippen LogP contribution is -2.26. The molecule has 3 N–H and O–H groups in total. The Labute approximate surface area is 129 Å². The molecule has 3 aromatic heterocycles. The molecular formula is C15H12N4O4. The normalized spacial score (nSPS) is 10.4. The molecule has 3 rings (SSSR count). The Morgan fingerprint density at radius 2 is 2.17 bits per heavy atom. The molecule has 0 aliphatic heterocycles. The highest BCUT2D eigenvalue weighted by molar-refractivity contribution is 5.94. The molecule has 1 amide bonds. The molecule has 0 aliphatic rings. The average molecular weight is 312 g/mol. The van der Waals surface area contributed by atoms with Crippen molar-refractivity contribution in [2.75, 3.05) is 0 Å². The van der Waals surface area contributed by atoms with Gasteiger partial charge >= 0.3 is 0 Å². The van der Waals surface area contributed by atoms with Crippen molar-refractivity contribution < 1.29 is 14.3 Å². The SMILES string of the molecule is O=C(NCc1ccco1)c1nc(-c2ccccn2)[nH]c(=O)c1O. The fourth-order valence-corrected chi connectivity index (χ4v) is 1.91. The number of nitrogens with one attached hydrogen (secondary N) is 2. The summed E-state index contributed by atoms with van der Waals surface area (Å²) >= 11 is 0. The third kappa shape index (κ3) is 3.10. The van der Waals surface area contributed by atoms with E-state index < -0.39 is 17.2 Å². The summed E-state index contributed by atoms with van der Waals surface area (Å²) < 4.78 is 5.09. The molecule has 8 heteroatoms. The quantitative estimate of drug-likeness (QED) is 0.662. The Morgan fingerprint density at radius 1 is 1.30 bits per heavy atom. The van der Waals surface area contributed by atoms with Crippen LogP contribution >= 0.6 is 0 Å². The molecule has 0 atom stereocenters. The van der Waals surface area contributed by atoms with E-state index in [1.54, 1.807) is 30.3 Å². The maximum atomic E-state index is 12.1. The van der Waals surface area contributed by atoms with Crippen LogP contribution in [0.4, 0.5) is 0 Å². The van der Waals surface area contributed by atoms with E-state index in [9.17, 15) is 14.7 Å². The number of rotatable bonds is 4. The van der Waals surface area contributed by atoms with Crippen molar-refractivity contribution in [3.8, 4) is 17.3 Å². The second-order valence-corrected chi connectivity index (χ2v) is 4.59. The van der Waals surface area contributed by atoms with E-state index in [0.717, 1.165) is 0 Å². The first-order valence-electron chi connectivity index (χ1n) is 6.70. The number of furan rings is 1. The molecule has 116 valence electrons. The van der Waals surface area contributed by atoms with E-state index in [-0.39, 0.29) is 18.1 Å². The molecule has 3 heterocycles. The summed E-state index contributed by atoms with van der Waals surface area (Å²) in [4.78, 5) is 34.4. The standard InChI is InChI=1S/C15H12N4O4/c20-12-11(14(21)17-8-9-4-3-7-23-9)18-13(19-15(12)22)10-5-1-2-6-16-10/h1-7,20H,8H2,(H,17,21)(H,18,19,22). The average Bonchev–Trinajstić information content (AvgIpc) is 3.09. The van der Waals surface area contributed by atoms with E-state index in [2.05, 4.69) is 20.3 Å². The van der Waals surface area contributed by atoms with Gasteiger partial charge in [0, 0.05) is 6.20 Å².